The van der Waals surface area contributed by atoms with E-state index in [9.17, 15) is 5.26 Å². The highest BCUT2D eigenvalue weighted by Crippen LogP contribution is 2.32. The molecule has 210 valence electrons. The highest BCUT2D eigenvalue weighted by Gasteiger charge is 2.25. The van der Waals surface area contributed by atoms with Gasteiger partial charge in [-0.3, -0.25) is 9.88 Å². The molecule has 0 amide bonds. The Morgan fingerprint density at radius 3 is 2.51 bits per heavy atom. The lowest BCUT2D eigenvalue weighted by molar-refractivity contribution is 0.0896. The molecule has 2 saturated heterocycles. The van der Waals surface area contributed by atoms with Crippen LogP contribution in [0.2, 0.25) is 0 Å². The minimum absolute atomic E-state index is 0.531. The van der Waals surface area contributed by atoms with Gasteiger partial charge in [-0.2, -0.15) is 5.26 Å². The first kappa shape index (κ1) is 27.3. The Balaban J connectivity index is 1.14. The summed E-state index contributed by atoms with van der Waals surface area (Å²) in [6.45, 7) is 10.1. The molecule has 2 aliphatic rings. The molecule has 6 rings (SSSR count). The first-order chi connectivity index (χ1) is 20.1. The second-order valence-electron chi connectivity index (χ2n) is 11.6. The zero-order valence-corrected chi connectivity index (χ0v) is 24.3. The number of likely N-dealkylation sites (tertiary alicyclic amines) is 2. The maximum Gasteiger partial charge on any atom is 0.103 e. The van der Waals surface area contributed by atoms with Crippen LogP contribution in [0, 0.1) is 25.2 Å². The number of aromatic nitrogens is 2. The summed E-state index contributed by atoms with van der Waals surface area (Å²) in [5.74, 6) is 0. The predicted octanol–water partition coefficient (Wildman–Crippen LogP) is 7.42. The standard InChI is InChI=1S/C35H40N6/c1-25-31-14-17-37-34(31)13-12-33(25)39-35-29(22-36)23-38-26(2)32(35)11-10-27-6-8-28(9-7-27)24-40-20-15-30(16-21-40)41-18-4-3-5-19-41/h6-14,17,23,30,37H,3-5,15-16,18-21,24H2,1-2H3,(H,38,39)/b11-10+. The smallest absolute Gasteiger partial charge is 0.103 e. The molecular weight excluding hydrogens is 504 g/mol. The van der Waals surface area contributed by atoms with Crippen LogP contribution in [0.1, 0.15) is 65.6 Å². The fourth-order valence-electron chi connectivity index (χ4n) is 6.50. The lowest BCUT2D eigenvalue weighted by atomic mass is 9.99. The Kier molecular flexibility index (Phi) is 8.18. The average Bonchev–Trinajstić information content (AvgIpc) is 3.50. The number of aromatic amines is 1. The quantitative estimate of drug-likeness (QED) is 0.253. The van der Waals surface area contributed by atoms with Gasteiger partial charge in [-0.25, -0.2) is 0 Å². The molecule has 0 unspecified atom stereocenters. The number of rotatable bonds is 7. The van der Waals surface area contributed by atoms with E-state index >= 15 is 0 Å². The van der Waals surface area contributed by atoms with Gasteiger partial charge in [0.15, 0.2) is 0 Å². The van der Waals surface area contributed by atoms with Crippen LogP contribution in [0.25, 0.3) is 23.1 Å². The van der Waals surface area contributed by atoms with E-state index in [-0.39, 0.29) is 0 Å². The Labute approximate surface area is 243 Å². The molecular formula is C35H40N6. The van der Waals surface area contributed by atoms with Crippen molar-refractivity contribution >= 4 is 34.4 Å². The molecule has 6 nitrogen and oxygen atoms in total. The number of benzene rings is 2. The van der Waals surface area contributed by atoms with Gasteiger partial charge >= 0.3 is 0 Å². The second kappa shape index (κ2) is 12.3. The van der Waals surface area contributed by atoms with E-state index in [0.29, 0.717) is 5.56 Å². The van der Waals surface area contributed by atoms with E-state index < -0.39 is 0 Å². The predicted molar refractivity (Wildman–Crippen MR) is 169 cm³/mol. The monoisotopic (exact) mass is 544 g/mol. The summed E-state index contributed by atoms with van der Waals surface area (Å²) < 4.78 is 0. The molecule has 0 saturated carbocycles. The number of nitriles is 1. The van der Waals surface area contributed by atoms with E-state index in [4.69, 9.17) is 0 Å². The van der Waals surface area contributed by atoms with Crippen LogP contribution in [0.3, 0.4) is 0 Å². The maximum absolute atomic E-state index is 9.89. The first-order valence-corrected chi connectivity index (χ1v) is 15.1. The van der Waals surface area contributed by atoms with Crippen LogP contribution < -0.4 is 5.32 Å². The fraction of sp³-hybridized carbons (Fsp3) is 0.371. The molecule has 2 aromatic carbocycles. The Bertz CT molecular complexity index is 1560. The number of hydrogen-bond acceptors (Lipinski definition) is 5. The molecule has 2 fully saturated rings. The van der Waals surface area contributed by atoms with Crippen LogP contribution in [0.15, 0.2) is 54.9 Å². The average molecular weight is 545 g/mol. The van der Waals surface area contributed by atoms with Crippen molar-refractivity contribution in [3.8, 4) is 6.07 Å². The molecule has 0 radical (unpaired) electrons. The van der Waals surface area contributed by atoms with E-state index in [0.717, 1.165) is 51.9 Å². The Morgan fingerprint density at radius 2 is 1.76 bits per heavy atom. The molecule has 0 atom stereocenters. The lowest BCUT2D eigenvalue weighted by Crippen LogP contribution is -2.46. The van der Waals surface area contributed by atoms with Crippen LogP contribution in [0.4, 0.5) is 11.4 Å². The maximum atomic E-state index is 9.89. The van der Waals surface area contributed by atoms with Crippen molar-refractivity contribution in [1.82, 2.24) is 19.8 Å². The van der Waals surface area contributed by atoms with Gasteiger partial charge in [0.1, 0.15) is 6.07 Å². The van der Waals surface area contributed by atoms with E-state index in [1.807, 2.05) is 13.1 Å². The van der Waals surface area contributed by atoms with Crippen LogP contribution in [0.5, 0.6) is 0 Å². The topological polar surface area (TPSA) is 71.0 Å². The van der Waals surface area contributed by atoms with Crippen molar-refractivity contribution in [2.24, 2.45) is 0 Å². The van der Waals surface area contributed by atoms with Gasteiger partial charge < -0.3 is 15.2 Å². The number of pyridine rings is 1. The van der Waals surface area contributed by atoms with Crippen molar-refractivity contribution in [1.29, 1.82) is 5.26 Å². The van der Waals surface area contributed by atoms with Gasteiger partial charge in [0, 0.05) is 52.8 Å². The number of H-pyrrole nitrogens is 1. The zero-order chi connectivity index (χ0) is 28.2. The lowest BCUT2D eigenvalue weighted by Gasteiger charge is -2.40. The molecule has 2 aliphatic heterocycles. The van der Waals surface area contributed by atoms with Crippen molar-refractivity contribution in [3.63, 3.8) is 0 Å². The molecule has 4 aromatic rings. The summed E-state index contributed by atoms with van der Waals surface area (Å²) in [5, 5.41) is 14.6. The molecule has 4 heterocycles. The van der Waals surface area contributed by atoms with E-state index in [2.05, 4.69) is 92.7 Å². The summed E-state index contributed by atoms with van der Waals surface area (Å²) in [7, 11) is 0. The van der Waals surface area contributed by atoms with Gasteiger partial charge in [0.2, 0.25) is 0 Å². The number of anilines is 2. The zero-order valence-electron chi connectivity index (χ0n) is 24.3. The number of hydrogen-bond donors (Lipinski definition) is 2. The van der Waals surface area contributed by atoms with Gasteiger partial charge in [-0.1, -0.05) is 42.8 Å². The summed E-state index contributed by atoms with van der Waals surface area (Å²) in [5.41, 5.74) is 8.86. The third kappa shape index (κ3) is 6.07. The van der Waals surface area contributed by atoms with Crippen molar-refractivity contribution in [3.05, 3.63) is 88.4 Å². The largest absolute Gasteiger partial charge is 0.361 e. The van der Waals surface area contributed by atoms with Crippen LogP contribution in [-0.2, 0) is 6.54 Å². The SMILES string of the molecule is Cc1ncc(C#N)c(Nc2ccc3[nH]ccc3c2C)c1/C=C/c1ccc(CN2CCC(N3CCCCC3)CC2)cc1. The van der Waals surface area contributed by atoms with E-state index in [1.54, 1.807) is 6.20 Å². The first-order valence-electron chi connectivity index (χ1n) is 15.1. The molecule has 0 bridgehead atoms. The summed E-state index contributed by atoms with van der Waals surface area (Å²) >= 11 is 0. The van der Waals surface area contributed by atoms with E-state index in [1.165, 1.54) is 69.2 Å². The molecule has 0 spiro atoms. The fourth-order valence-corrected chi connectivity index (χ4v) is 6.50. The van der Waals surface area contributed by atoms with Crippen LogP contribution in [-0.4, -0.2) is 52.0 Å². The number of nitrogens with one attached hydrogen (secondary N) is 2. The van der Waals surface area contributed by atoms with Crippen molar-refractivity contribution < 1.29 is 0 Å². The minimum atomic E-state index is 0.531. The summed E-state index contributed by atoms with van der Waals surface area (Å²) in [6, 6.07) is 18.2. The number of nitrogens with zero attached hydrogens (tertiary/aromatic N) is 4. The van der Waals surface area contributed by atoms with Crippen molar-refractivity contribution in [2.75, 3.05) is 31.5 Å². The van der Waals surface area contributed by atoms with Gasteiger partial charge in [-0.05, 0) is 101 Å². The summed E-state index contributed by atoms with van der Waals surface area (Å²) in [6.07, 6.45) is 14.6. The third-order valence-corrected chi connectivity index (χ3v) is 8.99. The molecule has 2 aromatic heterocycles. The number of aryl methyl sites for hydroxylation is 2. The van der Waals surface area contributed by atoms with Gasteiger partial charge in [0.05, 0.1) is 11.3 Å². The second-order valence-corrected chi connectivity index (χ2v) is 11.6. The third-order valence-electron chi connectivity index (χ3n) is 8.99. The Morgan fingerprint density at radius 1 is 0.976 bits per heavy atom. The molecule has 2 N–H and O–H groups in total. The molecule has 0 aliphatic carbocycles. The highest BCUT2D eigenvalue weighted by atomic mass is 15.2. The van der Waals surface area contributed by atoms with Crippen molar-refractivity contribution in [2.45, 2.75) is 58.5 Å². The molecule has 41 heavy (non-hydrogen) atoms. The van der Waals surface area contributed by atoms with Gasteiger partial charge in [0.25, 0.3) is 0 Å². The minimum Gasteiger partial charge on any atom is -0.361 e. The Hall–Kier alpha value is -3.92. The molecule has 6 heteroatoms. The number of piperidine rings is 2. The van der Waals surface area contributed by atoms with Crippen LogP contribution >= 0.6 is 0 Å². The number of fused-ring (bicyclic) bond motifs is 1. The normalized spacial score (nSPS) is 17.3. The highest BCUT2D eigenvalue weighted by molar-refractivity contribution is 5.90. The van der Waals surface area contributed by atoms with Gasteiger partial charge in [-0.15, -0.1) is 0 Å². The summed E-state index contributed by atoms with van der Waals surface area (Å²) in [4.78, 5) is 13.1.